The molecule has 0 saturated heterocycles. The molecule has 1 aliphatic carbocycles. The fourth-order valence-corrected chi connectivity index (χ4v) is 4.71. The lowest BCUT2D eigenvalue weighted by Crippen LogP contribution is -2.15. The fraction of sp³-hybridized carbons (Fsp3) is 0.350. The summed E-state index contributed by atoms with van der Waals surface area (Å²) in [4.78, 5) is 26.8. The lowest BCUT2D eigenvalue weighted by molar-refractivity contribution is -0.139. The van der Waals surface area contributed by atoms with E-state index >= 15 is 0 Å². The number of benzene rings is 1. The predicted octanol–water partition coefficient (Wildman–Crippen LogP) is 5.57. The number of carboxylic acid groups (broad SMARTS) is 1. The topological polar surface area (TPSA) is 109 Å². The maximum atomic E-state index is 11.7. The molecular formula is C20H20Br2N2O5. The van der Waals surface area contributed by atoms with Crippen LogP contribution in [0.4, 0.5) is 5.69 Å². The van der Waals surface area contributed by atoms with Crippen LogP contribution in [0.2, 0.25) is 0 Å². The third-order valence-electron chi connectivity index (χ3n) is 4.67. The van der Waals surface area contributed by atoms with Crippen molar-refractivity contribution in [3.63, 3.8) is 0 Å². The van der Waals surface area contributed by atoms with Crippen LogP contribution in [0.15, 0.2) is 33.2 Å². The number of pyridine rings is 1. The molecule has 0 aliphatic heterocycles. The van der Waals surface area contributed by atoms with Crippen molar-refractivity contribution in [2.45, 2.75) is 44.4 Å². The number of ether oxygens (including phenoxy) is 1. The zero-order chi connectivity index (χ0) is 21.0. The Morgan fingerprint density at radius 3 is 2.41 bits per heavy atom. The Balaban J connectivity index is 1.79. The summed E-state index contributed by atoms with van der Waals surface area (Å²) in [6.45, 7) is 0. The van der Waals surface area contributed by atoms with Gasteiger partial charge in [0.2, 0.25) is 11.8 Å². The average Bonchev–Trinajstić information content (AvgIpc) is 2.66. The van der Waals surface area contributed by atoms with Crippen LogP contribution < -0.4 is 10.1 Å². The molecule has 1 amide bonds. The summed E-state index contributed by atoms with van der Waals surface area (Å²) in [5, 5.41) is 21.4. The maximum absolute atomic E-state index is 11.7. The molecule has 29 heavy (non-hydrogen) atoms. The van der Waals surface area contributed by atoms with Crippen molar-refractivity contribution in [1.29, 1.82) is 0 Å². The number of amides is 1. The molecule has 1 aromatic heterocycles. The van der Waals surface area contributed by atoms with Crippen LogP contribution in [0.25, 0.3) is 0 Å². The smallest absolute Gasteiger partial charge is 0.312 e. The number of nitrogens with zero attached hydrogens (tertiary/aromatic N) is 1. The summed E-state index contributed by atoms with van der Waals surface area (Å²) in [5.74, 6) is -0.610. The monoisotopic (exact) mass is 526 g/mol. The first kappa shape index (κ1) is 21.6. The van der Waals surface area contributed by atoms with Gasteiger partial charge in [-0.05, 0) is 62.9 Å². The molecule has 3 N–H and O–H groups in total. The van der Waals surface area contributed by atoms with E-state index in [1.807, 2.05) is 0 Å². The zero-order valence-electron chi connectivity index (χ0n) is 15.5. The maximum Gasteiger partial charge on any atom is 0.312 e. The molecule has 1 fully saturated rings. The van der Waals surface area contributed by atoms with E-state index in [9.17, 15) is 14.7 Å². The first-order valence-electron chi connectivity index (χ1n) is 9.22. The van der Waals surface area contributed by atoms with Gasteiger partial charge in [-0.1, -0.05) is 19.3 Å². The Hall–Kier alpha value is -2.13. The van der Waals surface area contributed by atoms with E-state index in [4.69, 9.17) is 9.84 Å². The van der Waals surface area contributed by atoms with Gasteiger partial charge in [-0.3, -0.25) is 9.59 Å². The second-order valence-electron chi connectivity index (χ2n) is 6.88. The minimum absolute atomic E-state index is 0.180. The first-order chi connectivity index (χ1) is 13.8. The number of carboxylic acids is 1. The second kappa shape index (κ2) is 9.58. The standard InChI is InChI=1S/C20H20Br2N2O5/c21-13-8-12(23-16(26)10-18(27)28)9-14(22)20(13)29-17-7-6-15(25)19(24-17)11-4-2-1-3-5-11/h6-9,11,25H,1-5,10H2,(H,23,26)(H,27,28). The van der Waals surface area contributed by atoms with Gasteiger partial charge >= 0.3 is 5.97 Å². The van der Waals surface area contributed by atoms with Gasteiger partial charge in [-0.15, -0.1) is 0 Å². The Kier molecular flexibility index (Phi) is 7.13. The minimum Gasteiger partial charge on any atom is -0.506 e. The highest BCUT2D eigenvalue weighted by molar-refractivity contribution is 9.11. The summed E-state index contributed by atoms with van der Waals surface area (Å²) >= 11 is 6.81. The highest BCUT2D eigenvalue weighted by Gasteiger charge is 2.21. The molecule has 0 unspecified atom stereocenters. The summed E-state index contributed by atoms with van der Waals surface area (Å²) < 4.78 is 7.02. The predicted molar refractivity (Wildman–Crippen MR) is 115 cm³/mol. The van der Waals surface area contributed by atoms with Gasteiger partial charge in [0.05, 0.1) is 14.6 Å². The number of aliphatic carboxylic acids is 1. The zero-order valence-corrected chi connectivity index (χ0v) is 18.6. The van der Waals surface area contributed by atoms with E-state index in [2.05, 4.69) is 42.2 Å². The van der Waals surface area contributed by atoms with E-state index < -0.39 is 18.3 Å². The molecule has 7 nitrogen and oxygen atoms in total. The third kappa shape index (κ3) is 5.70. The van der Waals surface area contributed by atoms with Crippen molar-refractivity contribution in [2.75, 3.05) is 5.32 Å². The highest BCUT2D eigenvalue weighted by atomic mass is 79.9. The van der Waals surface area contributed by atoms with Crippen molar-refractivity contribution in [1.82, 2.24) is 4.98 Å². The number of rotatable bonds is 6. The molecule has 0 radical (unpaired) electrons. The lowest BCUT2D eigenvalue weighted by Gasteiger charge is -2.22. The van der Waals surface area contributed by atoms with E-state index in [0.29, 0.717) is 32.0 Å². The molecule has 0 atom stereocenters. The molecule has 1 saturated carbocycles. The Labute approximate surface area is 184 Å². The van der Waals surface area contributed by atoms with Gasteiger partial charge in [0.25, 0.3) is 0 Å². The first-order valence-corrected chi connectivity index (χ1v) is 10.8. The van der Waals surface area contributed by atoms with Crippen LogP contribution in [0.1, 0.15) is 50.1 Å². The molecule has 3 rings (SSSR count). The third-order valence-corrected chi connectivity index (χ3v) is 5.85. The van der Waals surface area contributed by atoms with Crippen LogP contribution in [-0.4, -0.2) is 27.1 Å². The van der Waals surface area contributed by atoms with Crippen LogP contribution in [0.5, 0.6) is 17.4 Å². The molecule has 154 valence electrons. The quantitative estimate of drug-likeness (QED) is 0.424. The van der Waals surface area contributed by atoms with Crippen LogP contribution in [0.3, 0.4) is 0 Å². The van der Waals surface area contributed by atoms with Gasteiger partial charge in [-0.25, -0.2) is 4.98 Å². The van der Waals surface area contributed by atoms with Crippen LogP contribution in [0, 0.1) is 0 Å². The molecule has 9 heteroatoms. The van der Waals surface area contributed by atoms with E-state index in [0.717, 1.165) is 25.7 Å². The van der Waals surface area contributed by atoms with E-state index in [1.165, 1.54) is 6.42 Å². The number of aromatic hydroxyl groups is 1. The van der Waals surface area contributed by atoms with Crippen molar-refractivity contribution in [3.05, 3.63) is 38.9 Å². The molecule has 0 spiro atoms. The number of nitrogens with one attached hydrogen (secondary N) is 1. The Bertz CT molecular complexity index is 906. The normalized spacial score (nSPS) is 14.4. The Morgan fingerprint density at radius 2 is 1.79 bits per heavy atom. The largest absolute Gasteiger partial charge is 0.506 e. The van der Waals surface area contributed by atoms with Crippen molar-refractivity contribution < 1.29 is 24.5 Å². The molecule has 2 aromatic rings. The minimum atomic E-state index is -1.20. The fourth-order valence-electron chi connectivity index (χ4n) is 3.36. The second-order valence-corrected chi connectivity index (χ2v) is 8.59. The van der Waals surface area contributed by atoms with Gasteiger partial charge < -0.3 is 20.3 Å². The highest BCUT2D eigenvalue weighted by Crippen LogP contribution is 2.41. The number of anilines is 1. The molecule has 0 bridgehead atoms. The van der Waals surface area contributed by atoms with Crippen molar-refractivity contribution in [3.8, 4) is 17.4 Å². The van der Waals surface area contributed by atoms with Gasteiger partial charge in [-0.2, -0.15) is 0 Å². The summed E-state index contributed by atoms with van der Waals surface area (Å²) in [7, 11) is 0. The average molecular weight is 528 g/mol. The number of aromatic nitrogens is 1. The molecule has 1 heterocycles. The summed E-state index contributed by atoms with van der Waals surface area (Å²) in [5.41, 5.74) is 1.08. The number of halogens is 2. The van der Waals surface area contributed by atoms with E-state index in [-0.39, 0.29) is 11.7 Å². The summed E-state index contributed by atoms with van der Waals surface area (Å²) in [6, 6.07) is 6.42. The van der Waals surface area contributed by atoms with Gasteiger partial charge in [0, 0.05) is 17.7 Å². The number of carbonyl (C=O) groups excluding carboxylic acids is 1. The van der Waals surface area contributed by atoms with Crippen LogP contribution in [-0.2, 0) is 9.59 Å². The Morgan fingerprint density at radius 1 is 1.14 bits per heavy atom. The van der Waals surface area contributed by atoms with Crippen molar-refractivity contribution in [2.24, 2.45) is 0 Å². The molecule has 1 aliphatic rings. The van der Waals surface area contributed by atoms with Gasteiger partial charge in [0.1, 0.15) is 12.2 Å². The lowest BCUT2D eigenvalue weighted by atomic mass is 9.86. The van der Waals surface area contributed by atoms with Crippen LogP contribution >= 0.6 is 31.9 Å². The van der Waals surface area contributed by atoms with E-state index in [1.54, 1.807) is 24.3 Å². The number of carbonyl (C=O) groups is 2. The number of hydrogen-bond acceptors (Lipinski definition) is 5. The SMILES string of the molecule is O=C(O)CC(=O)Nc1cc(Br)c(Oc2ccc(O)c(C3CCCCC3)n2)c(Br)c1. The van der Waals surface area contributed by atoms with Crippen molar-refractivity contribution >= 4 is 49.4 Å². The van der Waals surface area contributed by atoms with Gasteiger partial charge in [0.15, 0.2) is 5.75 Å². The number of hydrogen-bond donors (Lipinski definition) is 3. The molecular weight excluding hydrogens is 508 g/mol. The summed E-state index contributed by atoms with van der Waals surface area (Å²) in [6.07, 6.45) is 4.86. The molecule has 1 aromatic carbocycles.